The van der Waals surface area contributed by atoms with Crippen LogP contribution in [0.1, 0.15) is 12.0 Å². The number of ether oxygens (including phenoxy) is 1. The molecule has 5 nitrogen and oxygen atoms in total. The van der Waals surface area contributed by atoms with E-state index in [-0.39, 0.29) is 18.6 Å². The minimum absolute atomic E-state index is 0.00836. The van der Waals surface area contributed by atoms with Gasteiger partial charge in [-0.05, 0) is 24.6 Å². The van der Waals surface area contributed by atoms with Crippen molar-refractivity contribution in [2.45, 2.75) is 12.5 Å². The number of rotatable bonds is 2. The maximum atomic E-state index is 13.2. The van der Waals surface area contributed by atoms with Gasteiger partial charge >= 0.3 is 6.03 Å². The number of benzene rings is 1. The van der Waals surface area contributed by atoms with Crippen molar-refractivity contribution in [1.29, 1.82) is 0 Å². The van der Waals surface area contributed by atoms with Crippen LogP contribution in [0.3, 0.4) is 0 Å². The summed E-state index contributed by atoms with van der Waals surface area (Å²) in [7, 11) is 0. The molecule has 1 unspecified atom stereocenters. The molecule has 0 saturated carbocycles. The Bertz CT molecular complexity index is 545. The number of hydrogen-bond acceptors (Lipinski definition) is 3. The van der Waals surface area contributed by atoms with Crippen molar-refractivity contribution in [3.63, 3.8) is 0 Å². The van der Waals surface area contributed by atoms with Gasteiger partial charge in [-0.3, -0.25) is 0 Å². The first-order valence-electron chi connectivity index (χ1n) is 6.33. The van der Waals surface area contributed by atoms with Crippen LogP contribution in [-0.4, -0.2) is 31.8 Å². The van der Waals surface area contributed by atoms with E-state index in [0.717, 1.165) is 6.42 Å². The highest BCUT2D eigenvalue weighted by atomic mass is 19.1. The van der Waals surface area contributed by atoms with Crippen LogP contribution in [-0.2, 0) is 4.74 Å². The molecule has 1 aliphatic heterocycles. The van der Waals surface area contributed by atoms with Crippen molar-refractivity contribution in [2.75, 3.05) is 25.1 Å². The number of anilines is 1. The number of nitrogens with two attached hydrogens (primary N) is 1. The first kappa shape index (κ1) is 14.3. The molecule has 1 aromatic carbocycles. The van der Waals surface area contributed by atoms with Crippen molar-refractivity contribution in [2.24, 2.45) is 5.73 Å². The maximum absolute atomic E-state index is 13.2. The van der Waals surface area contributed by atoms with Gasteiger partial charge in [0.1, 0.15) is 5.82 Å². The molecule has 2 rings (SSSR count). The Hall–Kier alpha value is -2.10. The largest absolute Gasteiger partial charge is 0.379 e. The standard InChI is InChI=1S/C14H16FN3O2/c15-11-3-4-13(10(8-11)2-1-6-16)18-14(19)17-12-5-7-20-9-12/h3-4,8,12H,5-7,9,16H2,(H2,17,18,19). The number of halogens is 1. The van der Waals surface area contributed by atoms with Gasteiger partial charge in [0, 0.05) is 6.61 Å². The zero-order valence-corrected chi connectivity index (χ0v) is 10.9. The Kier molecular flexibility index (Phi) is 4.93. The molecule has 4 N–H and O–H groups in total. The maximum Gasteiger partial charge on any atom is 0.319 e. The van der Waals surface area contributed by atoms with Crippen LogP contribution in [0, 0.1) is 17.7 Å². The summed E-state index contributed by atoms with van der Waals surface area (Å²) in [5.74, 6) is 4.95. The van der Waals surface area contributed by atoms with E-state index in [1.165, 1.54) is 18.2 Å². The van der Waals surface area contributed by atoms with Gasteiger partial charge in [0.05, 0.1) is 30.4 Å². The Labute approximate surface area is 116 Å². The van der Waals surface area contributed by atoms with E-state index >= 15 is 0 Å². The second kappa shape index (κ2) is 6.89. The zero-order chi connectivity index (χ0) is 14.4. The van der Waals surface area contributed by atoms with E-state index in [2.05, 4.69) is 22.5 Å². The third-order valence-electron chi connectivity index (χ3n) is 2.82. The monoisotopic (exact) mass is 277 g/mol. The molecule has 0 aliphatic carbocycles. The second-order valence-corrected chi connectivity index (χ2v) is 4.35. The number of urea groups is 1. The normalized spacial score (nSPS) is 17.2. The average Bonchev–Trinajstić information content (AvgIpc) is 2.91. The summed E-state index contributed by atoms with van der Waals surface area (Å²) >= 11 is 0. The number of nitrogens with one attached hydrogen (secondary N) is 2. The minimum atomic E-state index is -0.415. The van der Waals surface area contributed by atoms with Gasteiger partial charge in [0.25, 0.3) is 0 Å². The summed E-state index contributed by atoms with van der Waals surface area (Å²) in [6, 6.07) is 3.65. The van der Waals surface area contributed by atoms with Crippen LogP contribution in [0.2, 0.25) is 0 Å². The lowest BCUT2D eigenvalue weighted by atomic mass is 10.1. The lowest BCUT2D eigenvalue weighted by Crippen LogP contribution is -2.38. The SMILES string of the molecule is NCC#Cc1cc(F)ccc1NC(=O)NC1CCOC1. The molecule has 106 valence electrons. The number of hydrogen-bond donors (Lipinski definition) is 3. The van der Waals surface area contributed by atoms with E-state index in [1.54, 1.807) is 0 Å². The molecule has 6 heteroatoms. The van der Waals surface area contributed by atoms with Crippen LogP contribution in [0.4, 0.5) is 14.9 Å². The van der Waals surface area contributed by atoms with Crippen molar-refractivity contribution >= 4 is 11.7 Å². The fourth-order valence-electron chi connectivity index (χ4n) is 1.87. The summed E-state index contributed by atoms with van der Waals surface area (Å²) in [4.78, 5) is 11.8. The molecule has 0 bridgehead atoms. The predicted molar refractivity (Wildman–Crippen MR) is 73.7 cm³/mol. The van der Waals surface area contributed by atoms with Crippen molar-refractivity contribution in [3.05, 3.63) is 29.6 Å². The third-order valence-corrected chi connectivity index (χ3v) is 2.82. The first-order chi connectivity index (χ1) is 9.69. The Morgan fingerprint density at radius 3 is 3.10 bits per heavy atom. The van der Waals surface area contributed by atoms with E-state index in [9.17, 15) is 9.18 Å². The van der Waals surface area contributed by atoms with Gasteiger partial charge in [-0.15, -0.1) is 0 Å². The smallest absolute Gasteiger partial charge is 0.319 e. The summed E-state index contributed by atoms with van der Waals surface area (Å²) < 4.78 is 18.4. The molecule has 1 saturated heterocycles. The Morgan fingerprint density at radius 1 is 1.55 bits per heavy atom. The molecular weight excluding hydrogens is 261 g/mol. The lowest BCUT2D eigenvalue weighted by molar-refractivity contribution is 0.189. The number of carbonyl (C=O) groups is 1. The highest BCUT2D eigenvalue weighted by Crippen LogP contribution is 2.16. The molecular formula is C14H16FN3O2. The van der Waals surface area contributed by atoms with Gasteiger partial charge < -0.3 is 21.1 Å². The van der Waals surface area contributed by atoms with Gasteiger partial charge in [-0.25, -0.2) is 9.18 Å². The molecule has 1 atom stereocenters. The summed E-state index contributed by atoms with van der Waals surface area (Å²) in [5, 5.41) is 5.44. The topological polar surface area (TPSA) is 76.4 Å². The Balaban J connectivity index is 2.05. The average molecular weight is 277 g/mol. The second-order valence-electron chi connectivity index (χ2n) is 4.35. The summed E-state index contributed by atoms with van der Waals surface area (Å²) in [6.07, 6.45) is 0.788. The predicted octanol–water partition coefficient (Wildman–Crippen LogP) is 1.05. The number of carbonyl (C=O) groups excluding carboxylic acids is 1. The molecule has 1 aromatic rings. The highest BCUT2D eigenvalue weighted by molar-refractivity contribution is 5.91. The molecule has 0 radical (unpaired) electrons. The highest BCUT2D eigenvalue weighted by Gasteiger charge is 2.18. The van der Waals surface area contributed by atoms with E-state index < -0.39 is 5.82 Å². The first-order valence-corrected chi connectivity index (χ1v) is 6.33. The molecule has 0 aromatic heterocycles. The molecule has 1 fully saturated rings. The van der Waals surface area contributed by atoms with Crippen LogP contribution in [0.25, 0.3) is 0 Å². The lowest BCUT2D eigenvalue weighted by Gasteiger charge is -2.13. The molecule has 20 heavy (non-hydrogen) atoms. The Morgan fingerprint density at radius 2 is 2.40 bits per heavy atom. The fraction of sp³-hybridized carbons (Fsp3) is 0.357. The van der Waals surface area contributed by atoms with Crippen LogP contribution in [0.15, 0.2) is 18.2 Å². The van der Waals surface area contributed by atoms with Crippen molar-refractivity contribution in [3.8, 4) is 11.8 Å². The van der Waals surface area contributed by atoms with E-state index in [1.807, 2.05) is 0 Å². The van der Waals surface area contributed by atoms with Gasteiger partial charge in [-0.2, -0.15) is 0 Å². The molecule has 0 spiro atoms. The van der Waals surface area contributed by atoms with Crippen LogP contribution >= 0.6 is 0 Å². The van der Waals surface area contributed by atoms with Crippen LogP contribution in [0.5, 0.6) is 0 Å². The minimum Gasteiger partial charge on any atom is -0.379 e. The summed E-state index contributed by atoms with van der Waals surface area (Å²) in [6.45, 7) is 1.33. The van der Waals surface area contributed by atoms with Gasteiger partial charge in [0.15, 0.2) is 0 Å². The van der Waals surface area contributed by atoms with Crippen LogP contribution < -0.4 is 16.4 Å². The van der Waals surface area contributed by atoms with Crippen molar-refractivity contribution in [1.82, 2.24) is 5.32 Å². The molecule has 1 aliphatic rings. The number of amides is 2. The molecule has 1 heterocycles. The van der Waals surface area contributed by atoms with E-state index in [0.29, 0.717) is 24.5 Å². The van der Waals surface area contributed by atoms with Gasteiger partial charge in [0.2, 0.25) is 0 Å². The third kappa shape index (κ3) is 3.95. The fourth-order valence-corrected chi connectivity index (χ4v) is 1.87. The molecule has 2 amide bonds. The van der Waals surface area contributed by atoms with E-state index in [4.69, 9.17) is 10.5 Å². The quantitative estimate of drug-likeness (QED) is 0.707. The summed E-state index contributed by atoms with van der Waals surface area (Å²) in [5.41, 5.74) is 6.14. The van der Waals surface area contributed by atoms with Gasteiger partial charge in [-0.1, -0.05) is 11.8 Å². The van der Waals surface area contributed by atoms with Crippen molar-refractivity contribution < 1.29 is 13.9 Å². The zero-order valence-electron chi connectivity index (χ0n) is 10.9.